The molecule has 9 heteroatoms. The van der Waals surface area contributed by atoms with Crippen LogP contribution in [0.1, 0.15) is 22.8 Å². The number of nitrogens with one attached hydrogen (secondary N) is 1. The van der Waals surface area contributed by atoms with Gasteiger partial charge in [-0.1, -0.05) is 31.2 Å². The third-order valence-corrected chi connectivity index (χ3v) is 5.36. The zero-order chi connectivity index (χ0) is 21.1. The number of aromatic nitrogens is 3. The molecule has 0 fully saturated rings. The molecule has 0 spiro atoms. The number of benzene rings is 2. The predicted octanol–water partition coefficient (Wildman–Crippen LogP) is 4.72. The third kappa shape index (κ3) is 3.96. The van der Waals surface area contributed by atoms with E-state index in [1.807, 2.05) is 29.6 Å². The largest absolute Gasteiger partial charge is 0.300 e. The van der Waals surface area contributed by atoms with Gasteiger partial charge in [0.1, 0.15) is 5.69 Å². The normalized spacial score (nSPS) is 10.7. The van der Waals surface area contributed by atoms with Gasteiger partial charge in [0.05, 0.1) is 16.9 Å². The Balaban J connectivity index is 1.55. The molecule has 0 bridgehead atoms. The first-order valence-electron chi connectivity index (χ1n) is 9.18. The maximum atomic E-state index is 12.6. The number of amides is 1. The molecule has 4 rings (SSSR count). The van der Waals surface area contributed by atoms with Gasteiger partial charge in [0.15, 0.2) is 5.13 Å². The summed E-state index contributed by atoms with van der Waals surface area (Å²) in [5, 5.41) is 16.5. The van der Waals surface area contributed by atoms with Crippen molar-refractivity contribution in [1.82, 2.24) is 14.5 Å². The summed E-state index contributed by atoms with van der Waals surface area (Å²) in [5.74, 6) is -0.461. The minimum atomic E-state index is -0.520. The fourth-order valence-corrected chi connectivity index (χ4v) is 3.69. The molecular formula is C21H17N5O3S. The SMILES string of the molecule is CCc1ccc(-c2csc(NC(=O)c3ccc(-n4ccnc4)c([N+](=O)[O-])c3)n2)cc1. The van der Waals surface area contributed by atoms with E-state index in [0.29, 0.717) is 10.8 Å². The summed E-state index contributed by atoms with van der Waals surface area (Å²) >= 11 is 1.30. The first-order valence-corrected chi connectivity index (χ1v) is 10.1. The number of hydrogen-bond acceptors (Lipinski definition) is 6. The number of hydrogen-bond donors (Lipinski definition) is 1. The van der Waals surface area contributed by atoms with Crippen molar-refractivity contribution < 1.29 is 9.72 Å². The van der Waals surface area contributed by atoms with Crippen molar-refractivity contribution in [2.75, 3.05) is 5.32 Å². The highest BCUT2D eigenvalue weighted by molar-refractivity contribution is 7.14. The highest BCUT2D eigenvalue weighted by Crippen LogP contribution is 2.27. The number of aryl methyl sites for hydroxylation is 1. The second kappa shape index (κ2) is 8.26. The Hall–Kier alpha value is -3.85. The number of nitro benzene ring substituents is 1. The fourth-order valence-electron chi connectivity index (χ4n) is 2.98. The highest BCUT2D eigenvalue weighted by Gasteiger charge is 2.19. The van der Waals surface area contributed by atoms with Crippen molar-refractivity contribution in [3.05, 3.63) is 87.8 Å². The zero-order valence-electron chi connectivity index (χ0n) is 16.0. The second-order valence-corrected chi connectivity index (χ2v) is 7.33. The van der Waals surface area contributed by atoms with E-state index in [2.05, 4.69) is 22.2 Å². The van der Waals surface area contributed by atoms with E-state index in [9.17, 15) is 14.9 Å². The number of thiazole rings is 1. The summed E-state index contributed by atoms with van der Waals surface area (Å²) in [4.78, 5) is 32.0. The van der Waals surface area contributed by atoms with Gasteiger partial charge in [-0.3, -0.25) is 20.2 Å². The van der Waals surface area contributed by atoms with Crippen LogP contribution in [0.15, 0.2) is 66.6 Å². The summed E-state index contributed by atoms with van der Waals surface area (Å²) in [7, 11) is 0. The van der Waals surface area contributed by atoms with Crippen LogP contribution in [0.3, 0.4) is 0 Å². The van der Waals surface area contributed by atoms with E-state index in [4.69, 9.17) is 0 Å². The predicted molar refractivity (Wildman–Crippen MR) is 115 cm³/mol. The summed E-state index contributed by atoms with van der Waals surface area (Å²) in [6, 6.07) is 12.4. The van der Waals surface area contributed by atoms with Crippen molar-refractivity contribution in [2.45, 2.75) is 13.3 Å². The quantitative estimate of drug-likeness (QED) is 0.360. The van der Waals surface area contributed by atoms with Crippen LogP contribution in [0.4, 0.5) is 10.8 Å². The molecule has 2 aromatic carbocycles. The van der Waals surface area contributed by atoms with Crippen LogP contribution in [-0.4, -0.2) is 25.4 Å². The van der Waals surface area contributed by atoms with Crippen LogP contribution in [0.2, 0.25) is 0 Å². The Kier molecular flexibility index (Phi) is 5.36. The Morgan fingerprint density at radius 1 is 1.23 bits per heavy atom. The molecule has 0 aliphatic heterocycles. The molecule has 2 aromatic heterocycles. The molecule has 0 atom stereocenters. The van der Waals surface area contributed by atoms with Crippen LogP contribution in [0, 0.1) is 10.1 Å². The monoisotopic (exact) mass is 419 g/mol. The first kappa shape index (κ1) is 19.5. The molecule has 150 valence electrons. The standard InChI is InChI=1S/C21H17N5O3S/c1-2-14-3-5-15(6-4-14)17-12-30-21(23-17)24-20(27)16-7-8-18(19(11-16)26(28)29)25-10-9-22-13-25/h3-13H,2H2,1H3,(H,23,24,27). The summed E-state index contributed by atoms with van der Waals surface area (Å²) < 4.78 is 1.52. The molecule has 30 heavy (non-hydrogen) atoms. The van der Waals surface area contributed by atoms with E-state index in [-0.39, 0.29) is 11.3 Å². The van der Waals surface area contributed by atoms with Crippen LogP contribution in [0.25, 0.3) is 16.9 Å². The minimum Gasteiger partial charge on any atom is -0.300 e. The van der Waals surface area contributed by atoms with Gasteiger partial charge in [0, 0.05) is 35.0 Å². The van der Waals surface area contributed by atoms with Gasteiger partial charge in [-0.05, 0) is 24.1 Å². The molecule has 0 saturated carbocycles. The Labute approximate surface area is 176 Å². The lowest BCUT2D eigenvalue weighted by molar-refractivity contribution is -0.384. The molecule has 1 amide bonds. The number of nitro groups is 1. The molecule has 0 saturated heterocycles. The minimum absolute atomic E-state index is 0.176. The summed E-state index contributed by atoms with van der Waals surface area (Å²) in [6.07, 6.45) is 5.56. The van der Waals surface area contributed by atoms with Crippen molar-refractivity contribution in [1.29, 1.82) is 0 Å². The summed E-state index contributed by atoms with van der Waals surface area (Å²) in [5.41, 5.74) is 3.29. The zero-order valence-corrected chi connectivity index (χ0v) is 16.8. The summed E-state index contributed by atoms with van der Waals surface area (Å²) in [6.45, 7) is 2.10. The number of nitrogens with zero attached hydrogens (tertiary/aromatic N) is 4. The third-order valence-electron chi connectivity index (χ3n) is 4.60. The molecule has 4 aromatic rings. The smallest absolute Gasteiger partial charge is 0.294 e. The van der Waals surface area contributed by atoms with Crippen LogP contribution in [0.5, 0.6) is 0 Å². The lowest BCUT2D eigenvalue weighted by Gasteiger charge is -2.06. The molecule has 8 nitrogen and oxygen atoms in total. The number of carbonyl (C=O) groups is 1. The molecule has 2 heterocycles. The lowest BCUT2D eigenvalue weighted by Crippen LogP contribution is -2.12. The van der Waals surface area contributed by atoms with E-state index in [0.717, 1.165) is 17.7 Å². The van der Waals surface area contributed by atoms with Crippen LogP contribution < -0.4 is 5.32 Å². The van der Waals surface area contributed by atoms with Crippen LogP contribution >= 0.6 is 11.3 Å². The fraction of sp³-hybridized carbons (Fsp3) is 0.0952. The average Bonchev–Trinajstić information content (AvgIpc) is 3.46. The number of imidazole rings is 1. The maximum absolute atomic E-state index is 12.6. The lowest BCUT2D eigenvalue weighted by atomic mass is 10.1. The van der Waals surface area contributed by atoms with Crippen molar-refractivity contribution in [2.24, 2.45) is 0 Å². The van der Waals surface area contributed by atoms with Gasteiger partial charge in [0.2, 0.25) is 0 Å². The topological polar surface area (TPSA) is 103 Å². The maximum Gasteiger partial charge on any atom is 0.294 e. The molecule has 0 aliphatic carbocycles. The van der Waals surface area contributed by atoms with E-state index in [1.54, 1.807) is 6.20 Å². The van der Waals surface area contributed by atoms with E-state index in [1.165, 1.54) is 52.2 Å². The van der Waals surface area contributed by atoms with E-state index >= 15 is 0 Å². The Morgan fingerprint density at radius 3 is 2.70 bits per heavy atom. The average molecular weight is 419 g/mol. The van der Waals surface area contributed by atoms with Gasteiger partial charge in [-0.2, -0.15) is 0 Å². The Morgan fingerprint density at radius 2 is 2.03 bits per heavy atom. The molecule has 1 N–H and O–H groups in total. The number of rotatable bonds is 6. The van der Waals surface area contributed by atoms with Crippen molar-refractivity contribution in [3.8, 4) is 16.9 Å². The van der Waals surface area contributed by atoms with Gasteiger partial charge in [-0.15, -0.1) is 11.3 Å². The second-order valence-electron chi connectivity index (χ2n) is 6.47. The van der Waals surface area contributed by atoms with Gasteiger partial charge in [0.25, 0.3) is 11.6 Å². The highest BCUT2D eigenvalue weighted by atomic mass is 32.1. The van der Waals surface area contributed by atoms with Gasteiger partial charge in [-0.25, -0.2) is 9.97 Å². The molecule has 0 aliphatic rings. The van der Waals surface area contributed by atoms with Gasteiger partial charge < -0.3 is 4.57 Å². The van der Waals surface area contributed by atoms with Crippen molar-refractivity contribution >= 4 is 28.1 Å². The molecular weight excluding hydrogens is 402 g/mol. The van der Waals surface area contributed by atoms with Crippen LogP contribution in [-0.2, 0) is 6.42 Å². The molecule has 0 radical (unpaired) electrons. The number of carbonyl (C=O) groups excluding carboxylic acids is 1. The first-order chi connectivity index (χ1) is 14.5. The number of anilines is 1. The van der Waals surface area contributed by atoms with Gasteiger partial charge >= 0.3 is 0 Å². The molecule has 0 unspecified atom stereocenters. The van der Waals surface area contributed by atoms with Crippen molar-refractivity contribution in [3.63, 3.8) is 0 Å². The van der Waals surface area contributed by atoms with E-state index < -0.39 is 10.8 Å². The Bertz CT molecular complexity index is 1200.